The highest BCUT2D eigenvalue weighted by Gasteiger charge is 2.84. The van der Waals surface area contributed by atoms with Crippen LogP contribution >= 0.6 is 0 Å². The molecule has 0 bridgehead atoms. The van der Waals surface area contributed by atoms with Crippen molar-refractivity contribution in [2.45, 2.75) is 124 Å². The van der Waals surface area contributed by atoms with Gasteiger partial charge in [-0.05, 0) is 121 Å². The van der Waals surface area contributed by atoms with Gasteiger partial charge >= 0.3 is 5.97 Å². The molecule has 1 aromatic heterocycles. The minimum atomic E-state index is -0.664. The number of hydrogen-bond donors (Lipinski definition) is 1. The summed E-state index contributed by atoms with van der Waals surface area (Å²) in [4.78, 5) is 31.6. The van der Waals surface area contributed by atoms with Crippen LogP contribution in [0.2, 0.25) is 0 Å². The quantitative estimate of drug-likeness (QED) is 0.310. The fraction of sp³-hybridized carbons (Fsp3) is 0.690. The van der Waals surface area contributed by atoms with E-state index in [9.17, 15) is 23.5 Å². The molecule has 0 radical (unpaired) electrons. The summed E-state index contributed by atoms with van der Waals surface area (Å²) >= 11 is 0. The van der Waals surface area contributed by atoms with E-state index in [1.54, 1.807) is 29.4 Å². The first-order chi connectivity index (χ1) is 24.1. The lowest BCUT2D eigenvalue weighted by Gasteiger charge is -2.63. The van der Waals surface area contributed by atoms with E-state index in [0.717, 1.165) is 51.0 Å². The molecule has 2 aromatic rings. The molecule has 1 amide bonds. The maximum atomic E-state index is 14.0. The van der Waals surface area contributed by atoms with E-state index < -0.39 is 17.7 Å². The summed E-state index contributed by atoms with van der Waals surface area (Å²) in [6, 6.07) is 6.80. The molecular weight excluding hydrogens is 650 g/mol. The number of aromatic nitrogens is 1. The second-order valence-electron chi connectivity index (χ2n) is 18.4. The van der Waals surface area contributed by atoms with Crippen LogP contribution in [0.4, 0.5) is 8.78 Å². The van der Waals surface area contributed by atoms with E-state index in [2.05, 4.69) is 39.6 Å². The van der Waals surface area contributed by atoms with Crippen LogP contribution in [0.3, 0.4) is 0 Å². The fourth-order valence-corrected chi connectivity index (χ4v) is 13.9. The van der Waals surface area contributed by atoms with Crippen molar-refractivity contribution in [2.24, 2.45) is 50.7 Å². The molecule has 9 heteroatoms. The second-order valence-corrected chi connectivity index (χ2v) is 18.4. The molecule has 1 aromatic carbocycles. The van der Waals surface area contributed by atoms with E-state index in [1.165, 1.54) is 25.5 Å². The number of aliphatic hydroxyl groups excluding tert-OH is 1. The number of aliphatic hydroxyl groups is 1. The number of pyridine rings is 1. The molecule has 2 spiro atoms. The molecule has 5 aliphatic carbocycles. The standard InChI is InChI=1S/C42H54F2N2O5/c1-24-17-30(22-46(25(2)47)21-26-18-28(43)20-29(44)19-26)50-35-34(24)39(5)13-14-42-23-41(42)12-9-33(51-37(49)27-10-15-45-16-11-27)38(3,4)31(41)7-8-32(42)40(39,6)36(35)48/h10-11,15-16,18-20,24,30-36,48H,7-9,12-14,17,21-23H2,1-6H3/t24-,30?,31+,32?,33?,34+,35?,36+,39?,40-,41?,42?/m1/s1. The van der Waals surface area contributed by atoms with E-state index in [4.69, 9.17) is 9.47 Å². The normalized spacial score (nSPS) is 43.1. The summed E-state index contributed by atoms with van der Waals surface area (Å²) in [7, 11) is 0. The van der Waals surface area contributed by atoms with Crippen LogP contribution in [-0.4, -0.2) is 57.8 Å². The number of nitrogens with zero attached hydrogens (tertiary/aromatic N) is 2. The Hall–Kier alpha value is -2.91. The molecule has 1 saturated heterocycles. The van der Waals surface area contributed by atoms with Crippen molar-refractivity contribution in [3.8, 4) is 0 Å². The number of rotatable bonds is 6. The smallest absolute Gasteiger partial charge is 0.338 e. The average molecular weight is 705 g/mol. The predicted octanol–water partition coefficient (Wildman–Crippen LogP) is 7.75. The molecule has 276 valence electrons. The number of amides is 1. The minimum absolute atomic E-state index is 0.0956. The van der Waals surface area contributed by atoms with Crippen molar-refractivity contribution in [3.63, 3.8) is 0 Å². The number of carbonyl (C=O) groups is 2. The highest BCUT2D eigenvalue weighted by Crippen LogP contribution is 2.89. The number of halogens is 2. The number of ether oxygens (including phenoxy) is 2. The maximum absolute atomic E-state index is 14.0. The molecular formula is C42H54F2N2O5. The van der Waals surface area contributed by atoms with E-state index in [1.807, 2.05) is 0 Å². The van der Waals surface area contributed by atoms with Gasteiger partial charge in [0.05, 0.1) is 23.9 Å². The molecule has 6 aliphatic rings. The van der Waals surface area contributed by atoms with Gasteiger partial charge in [0.2, 0.25) is 5.91 Å². The largest absolute Gasteiger partial charge is 0.458 e. The molecule has 7 nitrogen and oxygen atoms in total. The van der Waals surface area contributed by atoms with E-state index >= 15 is 0 Å². The van der Waals surface area contributed by atoms with Gasteiger partial charge in [0.25, 0.3) is 0 Å². The summed E-state index contributed by atoms with van der Waals surface area (Å²) in [5.41, 5.74) is 0.726. The molecule has 8 rings (SSSR count). The Bertz CT molecular complexity index is 1700. The fourth-order valence-electron chi connectivity index (χ4n) is 13.9. The van der Waals surface area contributed by atoms with Gasteiger partial charge in [-0.2, -0.15) is 0 Å². The third-order valence-electron chi connectivity index (χ3n) is 16.1. The Labute approximate surface area is 300 Å². The molecule has 5 saturated carbocycles. The lowest BCUT2D eigenvalue weighted by molar-refractivity contribution is -0.183. The lowest BCUT2D eigenvalue weighted by Crippen LogP contribution is -2.60. The van der Waals surface area contributed by atoms with Crippen LogP contribution in [-0.2, 0) is 20.8 Å². The van der Waals surface area contributed by atoms with Crippen molar-refractivity contribution < 1.29 is 33.0 Å². The third-order valence-corrected chi connectivity index (χ3v) is 16.1. The summed E-state index contributed by atoms with van der Waals surface area (Å²) in [5, 5.41) is 12.6. The summed E-state index contributed by atoms with van der Waals surface area (Å²) in [6.07, 6.45) is 10.0. The molecule has 1 aliphatic heterocycles. The molecule has 1 N–H and O–H groups in total. The Morgan fingerprint density at radius 2 is 1.65 bits per heavy atom. The maximum Gasteiger partial charge on any atom is 0.338 e. The molecule has 7 unspecified atom stereocenters. The summed E-state index contributed by atoms with van der Waals surface area (Å²) < 4.78 is 41.1. The van der Waals surface area contributed by atoms with Crippen molar-refractivity contribution in [3.05, 3.63) is 65.5 Å². The number of benzene rings is 1. The Morgan fingerprint density at radius 3 is 2.33 bits per heavy atom. The molecule has 2 heterocycles. The van der Waals surface area contributed by atoms with Gasteiger partial charge in [0, 0.05) is 49.3 Å². The van der Waals surface area contributed by atoms with Crippen molar-refractivity contribution in [2.75, 3.05) is 6.54 Å². The van der Waals surface area contributed by atoms with Crippen molar-refractivity contribution in [1.82, 2.24) is 9.88 Å². The van der Waals surface area contributed by atoms with Crippen LogP contribution in [0.5, 0.6) is 0 Å². The summed E-state index contributed by atoms with van der Waals surface area (Å²) in [5.74, 6) is -0.490. The Kier molecular flexibility index (Phi) is 8.13. The van der Waals surface area contributed by atoms with Crippen LogP contribution in [0, 0.1) is 62.4 Å². The Morgan fingerprint density at radius 1 is 0.980 bits per heavy atom. The van der Waals surface area contributed by atoms with Crippen LogP contribution in [0.25, 0.3) is 0 Å². The predicted molar refractivity (Wildman–Crippen MR) is 187 cm³/mol. The van der Waals surface area contributed by atoms with E-state index in [-0.39, 0.29) is 75.6 Å². The number of hydrogen-bond acceptors (Lipinski definition) is 6. The van der Waals surface area contributed by atoms with Gasteiger partial charge in [-0.25, -0.2) is 13.6 Å². The first-order valence-corrected chi connectivity index (χ1v) is 19.2. The molecule has 6 fully saturated rings. The van der Waals surface area contributed by atoms with E-state index in [0.29, 0.717) is 29.5 Å². The zero-order chi connectivity index (χ0) is 36.3. The van der Waals surface area contributed by atoms with Crippen LogP contribution in [0.15, 0.2) is 42.7 Å². The topological polar surface area (TPSA) is 89.0 Å². The van der Waals surface area contributed by atoms with Gasteiger partial charge < -0.3 is 19.5 Å². The van der Waals surface area contributed by atoms with Gasteiger partial charge in [-0.3, -0.25) is 9.78 Å². The van der Waals surface area contributed by atoms with Crippen molar-refractivity contribution >= 4 is 11.9 Å². The first-order valence-electron chi connectivity index (χ1n) is 19.2. The van der Waals surface area contributed by atoms with Crippen molar-refractivity contribution in [1.29, 1.82) is 0 Å². The lowest BCUT2D eigenvalue weighted by atomic mass is 9.41. The van der Waals surface area contributed by atoms with Gasteiger partial charge in [0.15, 0.2) is 0 Å². The monoisotopic (exact) mass is 704 g/mol. The minimum Gasteiger partial charge on any atom is -0.458 e. The molecule has 51 heavy (non-hydrogen) atoms. The highest BCUT2D eigenvalue weighted by atomic mass is 19.1. The third kappa shape index (κ3) is 4.95. The average Bonchev–Trinajstić information content (AvgIpc) is 3.70. The first kappa shape index (κ1) is 35.1. The number of fused-ring (bicyclic) bond motifs is 4. The highest BCUT2D eigenvalue weighted by molar-refractivity contribution is 5.89. The van der Waals surface area contributed by atoms with Crippen LogP contribution in [0.1, 0.15) is 109 Å². The second kappa shape index (κ2) is 11.8. The number of esters is 1. The van der Waals surface area contributed by atoms with Crippen LogP contribution < -0.4 is 0 Å². The molecule has 12 atom stereocenters. The Balaban J connectivity index is 1.02. The number of carbonyl (C=O) groups excluding carboxylic acids is 2. The zero-order valence-electron chi connectivity index (χ0n) is 31.0. The van der Waals surface area contributed by atoms with Gasteiger partial charge in [-0.15, -0.1) is 0 Å². The summed E-state index contributed by atoms with van der Waals surface area (Å²) in [6.45, 7) is 13.6. The van der Waals surface area contributed by atoms with Gasteiger partial charge in [0.1, 0.15) is 17.7 Å². The zero-order valence-corrected chi connectivity index (χ0v) is 31.0. The van der Waals surface area contributed by atoms with Gasteiger partial charge in [-0.1, -0.05) is 34.6 Å². The SMILES string of the molecule is CC(=O)N(Cc1cc(F)cc(F)c1)CC1C[C@@H](C)[C@H]2C(O1)[C@H](O)[C@@]1(C)C3CC[C@H]4C(C)(C)C(OC(=O)c5ccncc5)CCC45CC35CCC21C.